The molecule has 1 N–H and O–H groups in total. The van der Waals surface area contributed by atoms with Crippen LogP contribution >= 0.6 is 0 Å². The largest absolute Gasteiger partial charge is 0.435 e. The number of benzene rings is 2. The van der Waals surface area contributed by atoms with Crippen LogP contribution in [0.2, 0.25) is 0 Å². The lowest BCUT2D eigenvalue weighted by molar-refractivity contribution is -0.348. The van der Waals surface area contributed by atoms with Gasteiger partial charge in [0.2, 0.25) is 11.8 Å². The summed E-state index contributed by atoms with van der Waals surface area (Å²) < 4.78 is 135. The van der Waals surface area contributed by atoms with E-state index in [1.807, 2.05) is 0 Å². The van der Waals surface area contributed by atoms with Gasteiger partial charge in [0.05, 0.1) is 11.0 Å². The first kappa shape index (κ1) is 35.1. The number of rotatable bonds is 7. The maximum absolute atomic E-state index is 14.7. The highest BCUT2D eigenvalue weighted by Gasteiger charge is 2.73. The molecule has 2 fully saturated rings. The molecule has 4 rings (SSSR count). The molecule has 2 aliphatic rings. The maximum atomic E-state index is 14.7. The number of amides is 2. The number of nitrogens with one attached hydrogen (secondary N) is 1. The molecule has 0 aromatic heterocycles. The van der Waals surface area contributed by atoms with Crippen molar-refractivity contribution >= 4 is 21.7 Å². The van der Waals surface area contributed by atoms with Crippen LogP contribution in [-0.4, -0.2) is 56.6 Å². The van der Waals surface area contributed by atoms with Gasteiger partial charge in [-0.2, -0.15) is 31.6 Å². The minimum atomic E-state index is -6.36. The van der Waals surface area contributed by atoms with E-state index in [9.17, 15) is 53.1 Å². The Morgan fingerprint density at radius 2 is 1.39 bits per heavy atom. The van der Waals surface area contributed by atoms with Crippen LogP contribution in [0.15, 0.2) is 53.4 Å². The molecule has 16 heteroatoms. The normalized spacial score (nSPS) is 21.8. The predicted molar refractivity (Wildman–Crippen MR) is 147 cm³/mol. The first-order valence-corrected chi connectivity index (χ1v) is 15.7. The van der Waals surface area contributed by atoms with Crippen molar-refractivity contribution in [3.05, 3.63) is 65.5 Å². The fraction of sp³-hybridized carbons (Fsp3) is 0.500. The van der Waals surface area contributed by atoms with Crippen LogP contribution in [0.3, 0.4) is 0 Å². The number of piperidine rings is 1. The van der Waals surface area contributed by atoms with Crippen molar-refractivity contribution in [2.45, 2.75) is 78.7 Å². The molecule has 1 saturated carbocycles. The maximum Gasteiger partial charge on any atom is 0.435 e. The SMILES string of the molecule is N#CCC(=O)N1CCC(C(=O)NC2CCC(c3ccc(C(F)(C(F)(F)F)C(F)(F)F)cc3)(S(=O)(=O)c3ccc(F)cc3)CC2)CC1. The van der Waals surface area contributed by atoms with Gasteiger partial charge in [-0.1, -0.05) is 24.3 Å². The molecule has 1 aliphatic heterocycles. The Hall–Kier alpha value is -3.74. The summed E-state index contributed by atoms with van der Waals surface area (Å²) in [6, 6.07) is 6.98. The zero-order chi connectivity index (χ0) is 34.1. The lowest BCUT2D eigenvalue weighted by Gasteiger charge is -2.41. The van der Waals surface area contributed by atoms with E-state index >= 15 is 0 Å². The standard InChI is InChI=1S/C30H29F8N3O4S/c31-22-5-7-24(8-6-22)46(44,45)27(20-1-3-21(4-2-20)28(32,29(33,34)35)30(36,37)38)14-9-23(10-15-27)40-26(43)19-12-17-41(18-13-19)25(42)11-16-39/h1-8,19,23H,9-15,17-18H2,(H,40,43). The van der Waals surface area contributed by atoms with Gasteiger partial charge >= 0.3 is 18.0 Å². The van der Waals surface area contributed by atoms with E-state index in [1.54, 1.807) is 6.07 Å². The fourth-order valence-corrected chi connectivity index (χ4v) is 8.33. The highest BCUT2D eigenvalue weighted by atomic mass is 32.2. The number of nitrogens with zero attached hydrogens (tertiary/aromatic N) is 2. The van der Waals surface area contributed by atoms with Gasteiger partial charge in [0.15, 0.2) is 9.84 Å². The zero-order valence-corrected chi connectivity index (χ0v) is 24.9. The van der Waals surface area contributed by atoms with E-state index in [0.29, 0.717) is 12.8 Å². The summed E-state index contributed by atoms with van der Waals surface area (Å²) >= 11 is 0. The Labute approximate surface area is 259 Å². The van der Waals surface area contributed by atoms with Gasteiger partial charge in [0.1, 0.15) is 17.0 Å². The number of nitriles is 1. The first-order valence-electron chi connectivity index (χ1n) is 14.3. The van der Waals surface area contributed by atoms with Crippen molar-refractivity contribution in [3.63, 3.8) is 0 Å². The Morgan fingerprint density at radius 1 is 0.870 bits per heavy atom. The smallest absolute Gasteiger partial charge is 0.353 e. The Balaban J connectivity index is 1.59. The summed E-state index contributed by atoms with van der Waals surface area (Å²) in [4.78, 5) is 26.1. The van der Waals surface area contributed by atoms with Crippen LogP contribution in [0, 0.1) is 23.1 Å². The fourth-order valence-electron chi connectivity index (χ4n) is 6.16. The van der Waals surface area contributed by atoms with Crippen molar-refractivity contribution in [3.8, 4) is 6.07 Å². The van der Waals surface area contributed by atoms with Gasteiger partial charge < -0.3 is 10.2 Å². The van der Waals surface area contributed by atoms with Gasteiger partial charge in [-0.15, -0.1) is 0 Å². The average Bonchev–Trinajstić information content (AvgIpc) is 3.00. The van der Waals surface area contributed by atoms with E-state index in [1.165, 1.54) is 4.90 Å². The molecule has 0 radical (unpaired) electrons. The predicted octanol–water partition coefficient (Wildman–Crippen LogP) is 6.00. The molecule has 2 amide bonds. The molecule has 0 spiro atoms. The van der Waals surface area contributed by atoms with E-state index in [0.717, 1.165) is 36.4 Å². The molecule has 0 atom stereocenters. The molecule has 46 heavy (non-hydrogen) atoms. The van der Waals surface area contributed by atoms with E-state index in [4.69, 9.17) is 5.26 Å². The monoisotopic (exact) mass is 679 g/mol. The van der Waals surface area contributed by atoms with Gasteiger partial charge in [-0.05, 0) is 68.4 Å². The van der Waals surface area contributed by atoms with Gasteiger partial charge in [0, 0.05) is 30.6 Å². The summed E-state index contributed by atoms with van der Waals surface area (Å²) in [5.74, 6) is -1.86. The van der Waals surface area contributed by atoms with Crippen LogP contribution in [0.25, 0.3) is 0 Å². The second-order valence-electron chi connectivity index (χ2n) is 11.5. The number of likely N-dealkylation sites (tertiary alicyclic amines) is 1. The van der Waals surface area contributed by atoms with E-state index in [-0.39, 0.29) is 79.6 Å². The van der Waals surface area contributed by atoms with E-state index < -0.39 is 55.9 Å². The molecule has 250 valence electrons. The summed E-state index contributed by atoms with van der Waals surface area (Å²) in [7, 11) is -4.47. The second-order valence-corrected chi connectivity index (χ2v) is 13.7. The summed E-state index contributed by atoms with van der Waals surface area (Å²) in [6.07, 6.45) is -12.7. The minimum Gasteiger partial charge on any atom is -0.353 e. The van der Waals surface area contributed by atoms with E-state index in [2.05, 4.69) is 5.32 Å². The Kier molecular flexibility index (Phi) is 9.78. The van der Waals surface area contributed by atoms with Crippen LogP contribution < -0.4 is 5.32 Å². The number of sulfone groups is 1. The molecule has 2 aromatic rings. The number of halogens is 8. The second kappa shape index (κ2) is 12.8. The van der Waals surface area contributed by atoms with Crippen LogP contribution in [0.5, 0.6) is 0 Å². The molecule has 7 nitrogen and oxygen atoms in total. The van der Waals surface area contributed by atoms with Crippen LogP contribution in [0.1, 0.15) is 56.1 Å². The minimum absolute atomic E-state index is 0.0472. The molecular weight excluding hydrogens is 650 g/mol. The lowest BCUT2D eigenvalue weighted by Crippen LogP contribution is -2.50. The third kappa shape index (κ3) is 6.43. The molecule has 1 heterocycles. The number of alkyl halides is 7. The molecule has 0 unspecified atom stereocenters. The molecular formula is C30H29F8N3O4S. The number of carbonyl (C=O) groups is 2. The number of carbonyl (C=O) groups excluding carboxylic acids is 2. The van der Waals surface area contributed by atoms with Crippen molar-refractivity contribution in [1.29, 1.82) is 5.26 Å². The summed E-state index contributed by atoms with van der Waals surface area (Å²) in [6.45, 7) is 0.558. The lowest BCUT2D eigenvalue weighted by atomic mass is 9.79. The highest BCUT2D eigenvalue weighted by molar-refractivity contribution is 7.92. The highest BCUT2D eigenvalue weighted by Crippen LogP contribution is 2.54. The molecule has 2 aromatic carbocycles. The quantitative estimate of drug-likeness (QED) is 0.286. The molecule has 0 bridgehead atoms. The average molecular weight is 680 g/mol. The topological polar surface area (TPSA) is 107 Å². The van der Waals surface area contributed by atoms with Crippen molar-refractivity contribution in [2.24, 2.45) is 5.92 Å². The van der Waals surface area contributed by atoms with Crippen molar-refractivity contribution in [1.82, 2.24) is 10.2 Å². The third-order valence-electron chi connectivity index (χ3n) is 8.82. The third-order valence-corrected chi connectivity index (χ3v) is 11.4. The van der Waals surface area contributed by atoms with Gasteiger partial charge in [-0.3, -0.25) is 9.59 Å². The first-order chi connectivity index (χ1) is 21.4. The molecule has 1 saturated heterocycles. The van der Waals surface area contributed by atoms with Crippen LogP contribution in [-0.2, 0) is 29.8 Å². The van der Waals surface area contributed by atoms with Crippen LogP contribution in [0.4, 0.5) is 35.1 Å². The van der Waals surface area contributed by atoms with Gasteiger partial charge in [-0.25, -0.2) is 17.2 Å². The Bertz CT molecular complexity index is 1560. The van der Waals surface area contributed by atoms with Crippen molar-refractivity contribution < 1.29 is 53.1 Å². The molecule has 1 aliphatic carbocycles. The van der Waals surface area contributed by atoms with Gasteiger partial charge in [0.25, 0.3) is 0 Å². The number of hydrogen-bond donors (Lipinski definition) is 1. The zero-order valence-electron chi connectivity index (χ0n) is 24.1. The number of hydrogen-bond acceptors (Lipinski definition) is 5. The summed E-state index contributed by atoms with van der Waals surface area (Å²) in [5, 5.41) is 11.6. The van der Waals surface area contributed by atoms with Crippen molar-refractivity contribution in [2.75, 3.05) is 13.1 Å². The Morgan fingerprint density at radius 3 is 1.87 bits per heavy atom. The summed E-state index contributed by atoms with van der Waals surface area (Å²) in [5.41, 5.74) is -7.67.